The lowest BCUT2D eigenvalue weighted by Crippen LogP contribution is -2.22. The smallest absolute Gasteiger partial charge is 0.252 e. The minimum atomic E-state index is -0.142. The first-order chi connectivity index (χ1) is 9.11. The molecule has 98 valence electrons. The molecular weight excluding hydrogens is 283 g/mol. The van der Waals surface area contributed by atoms with Crippen molar-refractivity contribution in [3.05, 3.63) is 52.3 Å². The molecule has 0 fully saturated rings. The van der Waals surface area contributed by atoms with Crippen LogP contribution in [0.15, 0.2) is 36.7 Å². The third-order valence-corrected chi connectivity index (χ3v) is 3.33. The third-order valence-electron chi connectivity index (χ3n) is 2.59. The van der Waals surface area contributed by atoms with E-state index in [9.17, 15) is 4.79 Å². The highest BCUT2D eigenvalue weighted by Crippen LogP contribution is 2.28. The first-order valence-electron chi connectivity index (χ1n) is 5.80. The zero-order valence-electron chi connectivity index (χ0n) is 10.3. The molecule has 0 aliphatic rings. The van der Waals surface area contributed by atoms with Crippen LogP contribution in [0.1, 0.15) is 17.3 Å². The SMILES string of the molecule is CCNC(=O)c1cncc(-c2ccc(Cl)c(Cl)c2)c1. The predicted octanol–water partition coefficient (Wildman–Crippen LogP) is 3.81. The molecule has 0 saturated carbocycles. The van der Waals surface area contributed by atoms with Crippen molar-refractivity contribution in [1.29, 1.82) is 0 Å². The molecule has 1 amide bonds. The van der Waals surface area contributed by atoms with Gasteiger partial charge in [0.25, 0.3) is 5.91 Å². The fourth-order valence-electron chi connectivity index (χ4n) is 1.66. The van der Waals surface area contributed by atoms with Gasteiger partial charge in [0, 0.05) is 24.5 Å². The zero-order valence-corrected chi connectivity index (χ0v) is 11.8. The number of nitrogens with one attached hydrogen (secondary N) is 1. The van der Waals surface area contributed by atoms with Crippen molar-refractivity contribution < 1.29 is 4.79 Å². The Bertz CT molecular complexity index is 614. The largest absolute Gasteiger partial charge is 0.352 e. The number of carbonyl (C=O) groups is 1. The summed E-state index contributed by atoms with van der Waals surface area (Å²) in [5.74, 6) is -0.142. The molecule has 0 atom stereocenters. The summed E-state index contributed by atoms with van der Waals surface area (Å²) in [6, 6.07) is 7.09. The van der Waals surface area contributed by atoms with Gasteiger partial charge >= 0.3 is 0 Å². The van der Waals surface area contributed by atoms with Crippen molar-refractivity contribution in [2.75, 3.05) is 6.54 Å². The summed E-state index contributed by atoms with van der Waals surface area (Å²) in [5, 5.41) is 3.71. The molecule has 0 radical (unpaired) electrons. The quantitative estimate of drug-likeness (QED) is 0.935. The van der Waals surface area contributed by atoms with Crippen molar-refractivity contribution >= 4 is 29.1 Å². The van der Waals surface area contributed by atoms with Gasteiger partial charge in [0.1, 0.15) is 0 Å². The summed E-state index contributed by atoms with van der Waals surface area (Å²) in [6.07, 6.45) is 3.22. The highest BCUT2D eigenvalue weighted by atomic mass is 35.5. The average molecular weight is 295 g/mol. The maximum absolute atomic E-state index is 11.8. The number of pyridine rings is 1. The van der Waals surface area contributed by atoms with Gasteiger partial charge in [-0.15, -0.1) is 0 Å². The highest BCUT2D eigenvalue weighted by Gasteiger charge is 2.08. The molecular formula is C14H12Cl2N2O. The second kappa shape index (κ2) is 6.04. The van der Waals surface area contributed by atoms with Crippen LogP contribution in [0.4, 0.5) is 0 Å². The summed E-state index contributed by atoms with van der Waals surface area (Å²) in [4.78, 5) is 15.8. The Balaban J connectivity index is 2.37. The second-order valence-corrected chi connectivity index (χ2v) is 4.77. The van der Waals surface area contributed by atoms with Gasteiger partial charge in [0.2, 0.25) is 0 Å². The Morgan fingerprint density at radius 1 is 1.16 bits per heavy atom. The molecule has 2 aromatic rings. The Labute approximate surface area is 121 Å². The summed E-state index contributed by atoms with van der Waals surface area (Å²) in [5.41, 5.74) is 2.21. The number of hydrogen-bond acceptors (Lipinski definition) is 2. The Hall–Kier alpha value is -1.58. The van der Waals surface area contributed by atoms with E-state index in [0.29, 0.717) is 22.2 Å². The molecule has 0 saturated heterocycles. The third kappa shape index (κ3) is 3.25. The molecule has 19 heavy (non-hydrogen) atoms. The lowest BCUT2D eigenvalue weighted by Gasteiger charge is -2.06. The molecule has 0 aliphatic heterocycles. The Kier molecular flexibility index (Phi) is 4.40. The van der Waals surface area contributed by atoms with Gasteiger partial charge in [0.15, 0.2) is 0 Å². The fraction of sp³-hybridized carbons (Fsp3) is 0.143. The van der Waals surface area contributed by atoms with Gasteiger partial charge < -0.3 is 5.32 Å². The zero-order chi connectivity index (χ0) is 13.8. The lowest BCUT2D eigenvalue weighted by atomic mass is 10.1. The molecule has 1 aromatic carbocycles. The second-order valence-electron chi connectivity index (χ2n) is 3.95. The number of nitrogens with zero attached hydrogens (tertiary/aromatic N) is 1. The van der Waals surface area contributed by atoms with Crippen LogP contribution in [0.3, 0.4) is 0 Å². The summed E-state index contributed by atoms with van der Waals surface area (Å²) in [7, 11) is 0. The average Bonchev–Trinajstić information content (AvgIpc) is 2.42. The normalized spacial score (nSPS) is 10.3. The van der Waals surface area contributed by atoms with Crippen LogP contribution < -0.4 is 5.32 Å². The minimum absolute atomic E-state index is 0.142. The maximum atomic E-state index is 11.8. The molecule has 2 rings (SSSR count). The maximum Gasteiger partial charge on any atom is 0.252 e. The molecule has 0 bridgehead atoms. The van der Waals surface area contributed by atoms with Crippen LogP contribution in [0.5, 0.6) is 0 Å². The molecule has 0 spiro atoms. The number of rotatable bonds is 3. The molecule has 5 heteroatoms. The molecule has 1 aromatic heterocycles. The van der Waals surface area contributed by atoms with E-state index >= 15 is 0 Å². The summed E-state index contributed by atoms with van der Waals surface area (Å²) < 4.78 is 0. The van der Waals surface area contributed by atoms with Gasteiger partial charge in [-0.25, -0.2) is 0 Å². The van der Waals surface area contributed by atoms with Crippen molar-refractivity contribution in [2.24, 2.45) is 0 Å². The first-order valence-corrected chi connectivity index (χ1v) is 6.56. The van der Waals surface area contributed by atoms with E-state index in [1.807, 2.05) is 13.0 Å². The molecule has 3 nitrogen and oxygen atoms in total. The van der Waals surface area contributed by atoms with E-state index in [1.165, 1.54) is 6.20 Å². The standard InChI is InChI=1S/C14H12Cl2N2O/c1-2-18-14(19)11-5-10(7-17-8-11)9-3-4-12(15)13(16)6-9/h3-8H,2H2,1H3,(H,18,19). The van der Waals surface area contributed by atoms with Crippen LogP contribution >= 0.6 is 23.2 Å². The topological polar surface area (TPSA) is 42.0 Å². The van der Waals surface area contributed by atoms with E-state index < -0.39 is 0 Å². The van der Waals surface area contributed by atoms with E-state index in [4.69, 9.17) is 23.2 Å². The van der Waals surface area contributed by atoms with Gasteiger partial charge in [-0.1, -0.05) is 29.3 Å². The van der Waals surface area contributed by atoms with E-state index in [-0.39, 0.29) is 5.91 Å². The van der Waals surface area contributed by atoms with Crippen molar-refractivity contribution in [3.63, 3.8) is 0 Å². The van der Waals surface area contributed by atoms with Crippen LogP contribution in [0, 0.1) is 0 Å². The number of halogens is 2. The van der Waals surface area contributed by atoms with E-state index in [1.54, 1.807) is 24.4 Å². The van der Waals surface area contributed by atoms with Gasteiger partial charge in [-0.3, -0.25) is 9.78 Å². The number of benzene rings is 1. The summed E-state index contributed by atoms with van der Waals surface area (Å²) in [6.45, 7) is 2.45. The van der Waals surface area contributed by atoms with Crippen LogP contribution in [-0.2, 0) is 0 Å². The Morgan fingerprint density at radius 3 is 2.63 bits per heavy atom. The van der Waals surface area contributed by atoms with Crippen LogP contribution in [0.2, 0.25) is 10.0 Å². The first kappa shape index (κ1) is 13.8. The summed E-state index contributed by atoms with van der Waals surface area (Å²) >= 11 is 11.9. The van der Waals surface area contributed by atoms with Crippen molar-refractivity contribution in [2.45, 2.75) is 6.92 Å². The Morgan fingerprint density at radius 2 is 1.95 bits per heavy atom. The molecule has 1 heterocycles. The fourth-order valence-corrected chi connectivity index (χ4v) is 1.96. The number of carbonyl (C=O) groups excluding carboxylic acids is 1. The molecule has 1 N–H and O–H groups in total. The van der Waals surface area contributed by atoms with E-state index in [2.05, 4.69) is 10.3 Å². The van der Waals surface area contributed by atoms with Gasteiger partial charge in [-0.2, -0.15) is 0 Å². The number of aromatic nitrogens is 1. The van der Waals surface area contributed by atoms with Crippen LogP contribution in [-0.4, -0.2) is 17.4 Å². The minimum Gasteiger partial charge on any atom is -0.352 e. The van der Waals surface area contributed by atoms with Crippen molar-refractivity contribution in [3.8, 4) is 11.1 Å². The molecule has 0 aliphatic carbocycles. The number of amides is 1. The van der Waals surface area contributed by atoms with Crippen molar-refractivity contribution in [1.82, 2.24) is 10.3 Å². The highest BCUT2D eigenvalue weighted by molar-refractivity contribution is 6.42. The monoisotopic (exact) mass is 294 g/mol. The lowest BCUT2D eigenvalue weighted by molar-refractivity contribution is 0.0955. The molecule has 0 unspecified atom stereocenters. The van der Waals surface area contributed by atoms with Gasteiger partial charge in [-0.05, 0) is 30.7 Å². The van der Waals surface area contributed by atoms with E-state index in [0.717, 1.165) is 11.1 Å². The predicted molar refractivity (Wildman–Crippen MR) is 77.7 cm³/mol. The van der Waals surface area contributed by atoms with Crippen LogP contribution in [0.25, 0.3) is 11.1 Å². The van der Waals surface area contributed by atoms with Gasteiger partial charge in [0.05, 0.1) is 15.6 Å². The number of hydrogen-bond donors (Lipinski definition) is 1.